The predicted octanol–water partition coefficient (Wildman–Crippen LogP) is 5.53. The van der Waals surface area contributed by atoms with Crippen molar-refractivity contribution in [1.82, 2.24) is 9.55 Å². The molecular weight excluding hydrogens is 538 g/mol. The van der Waals surface area contributed by atoms with Crippen LogP contribution in [-0.2, 0) is 27.4 Å². The van der Waals surface area contributed by atoms with E-state index in [0.717, 1.165) is 11.1 Å². The Morgan fingerprint density at radius 3 is 2.17 bits per heavy atom. The lowest BCUT2D eigenvalue weighted by Gasteiger charge is -2.12. The molecule has 0 radical (unpaired) electrons. The summed E-state index contributed by atoms with van der Waals surface area (Å²) in [6.45, 7) is 1.68. The molecule has 0 saturated carbocycles. The summed E-state index contributed by atoms with van der Waals surface area (Å²) < 4.78 is 17.7. The zero-order valence-electron chi connectivity index (χ0n) is 18.8. The topological polar surface area (TPSA) is 82.5 Å². The molecule has 2 atom stereocenters. The molecule has 2 unspecified atom stereocenters. The minimum atomic E-state index is -0.425. The summed E-state index contributed by atoms with van der Waals surface area (Å²) in [6.07, 6.45) is 2.02. The number of aromatic amines is 1. The van der Waals surface area contributed by atoms with Gasteiger partial charge in [0.2, 0.25) is 0 Å². The highest BCUT2D eigenvalue weighted by Gasteiger charge is 2.27. The molecule has 0 amide bonds. The molecule has 11 heteroatoms. The first-order chi connectivity index (χ1) is 16.8. The van der Waals surface area contributed by atoms with E-state index in [9.17, 15) is 9.59 Å². The van der Waals surface area contributed by atoms with Crippen molar-refractivity contribution in [3.63, 3.8) is 0 Å². The van der Waals surface area contributed by atoms with Crippen molar-refractivity contribution in [3.05, 3.63) is 101 Å². The Hall–Kier alpha value is -1.84. The Balaban J connectivity index is 0.000000261. The molecular formula is C24H24Cl4N2O5. The second-order valence-electron chi connectivity index (χ2n) is 7.78. The van der Waals surface area contributed by atoms with Crippen LogP contribution in [0, 0.1) is 0 Å². The van der Waals surface area contributed by atoms with Gasteiger partial charge < -0.3 is 14.2 Å². The number of rotatable bonds is 7. The average Bonchev–Trinajstić information content (AvgIpc) is 3.26. The highest BCUT2D eigenvalue weighted by atomic mass is 35.5. The van der Waals surface area contributed by atoms with E-state index in [2.05, 4.69) is 4.98 Å². The fourth-order valence-corrected chi connectivity index (χ4v) is 4.37. The van der Waals surface area contributed by atoms with Gasteiger partial charge in [-0.15, -0.1) is 0 Å². The molecule has 0 bridgehead atoms. The van der Waals surface area contributed by atoms with Crippen molar-refractivity contribution < 1.29 is 14.2 Å². The third-order valence-electron chi connectivity index (χ3n) is 5.20. The zero-order chi connectivity index (χ0) is 25.4. The molecule has 2 aromatic carbocycles. The summed E-state index contributed by atoms with van der Waals surface area (Å²) in [5, 5.41) is 2.44. The minimum absolute atomic E-state index is 0.109. The number of hydrogen-bond donors (Lipinski definition) is 1. The van der Waals surface area contributed by atoms with Gasteiger partial charge in [-0.3, -0.25) is 14.3 Å². The van der Waals surface area contributed by atoms with Crippen molar-refractivity contribution >= 4 is 46.4 Å². The molecule has 35 heavy (non-hydrogen) atoms. The molecule has 0 spiro atoms. The molecule has 4 rings (SSSR count). The van der Waals surface area contributed by atoms with Gasteiger partial charge in [0.15, 0.2) is 0 Å². The summed E-state index contributed by atoms with van der Waals surface area (Å²) in [7, 11) is 1.63. The van der Waals surface area contributed by atoms with Gasteiger partial charge >= 0.3 is 5.69 Å². The fraction of sp³-hybridized carbons (Fsp3) is 0.333. The maximum Gasteiger partial charge on any atom is 0.328 e. The zero-order valence-corrected chi connectivity index (χ0v) is 21.8. The molecule has 188 valence electrons. The maximum absolute atomic E-state index is 11.8. The van der Waals surface area contributed by atoms with Crippen molar-refractivity contribution in [2.75, 3.05) is 20.3 Å². The second kappa shape index (κ2) is 13.5. The quantitative estimate of drug-likeness (QED) is 0.410. The number of H-pyrrole nitrogens is 1. The Morgan fingerprint density at radius 1 is 0.971 bits per heavy atom. The summed E-state index contributed by atoms with van der Waals surface area (Å²) in [6, 6.07) is 11.8. The normalized spacial score (nSPS) is 17.2. The van der Waals surface area contributed by atoms with E-state index in [0.29, 0.717) is 52.9 Å². The summed E-state index contributed by atoms with van der Waals surface area (Å²) in [5.74, 6) is 0. The largest absolute Gasteiger partial charge is 0.380 e. The van der Waals surface area contributed by atoms with Crippen LogP contribution < -0.4 is 11.2 Å². The van der Waals surface area contributed by atoms with E-state index in [1.165, 1.54) is 16.8 Å². The standard InChI is InChI=1S/C16H16Cl2N2O4.C8H8Cl2O/c17-11-2-1-10(14(18)5-11)7-23-9-13-6-12(8-24-13)20-4-3-15(21)19-16(20)22;1-11-5-6-2-3-7(9)4-8(6)10/h1-5,12-13H,6-9H2,(H,19,21,22);2-4H,5H2,1H3. The Labute approximate surface area is 222 Å². The first-order valence-corrected chi connectivity index (χ1v) is 12.2. The Morgan fingerprint density at radius 2 is 1.60 bits per heavy atom. The van der Waals surface area contributed by atoms with Crippen LogP contribution in [-0.4, -0.2) is 36.0 Å². The number of benzene rings is 2. The summed E-state index contributed by atoms with van der Waals surface area (Å²) in [4.78, 5) is 25.1. The SMILES string of the molecule is COCc1ccc(Cl)cc1Cl.O=c1ccn(C2COC(COCc3ccc(Cl)cc3Cl)C2)c(=O)[nH]1. The van der Waals surface area contributed by atoms with Gasteiger partial charge in [0.05, 0.1) is 38.6 Å². The first-order valence-electron chi connectivity index (χ1n) is 10.6. The smallest absolute Gasteiger partial charge is 0.328 e. The molecule has 1 aliphatic heterocycles. The van der Waals surface area contributed by atoms with Gasteiger partial charge in [-0.05, 0) is 41.8 Å². The number of methoxy groups -OCH3 is 1. The number of nitrogens with zero attached hydrogens (tertiary/aromatic N) is 1. The van der Waals surface area contributed by atoms with E-state index >= 15 is 0 Å². The van der Waals surface area contributed by atoms with Crippen LogP contribution in [0.3, 0.4) is 0 Å². The van der Waals surface area contributed by atoms with Gasteiger partial charge in [-0.25, -0.2) is 4.79 Å². The third kappa shape index (κ3) is 8.36. The lowest BCUT2D eigenvalue weighted by Crippen LogP contribution is -2.31. The average molecular weight is 562 g/mol. The number of nitrogens with one attached hydrogen (secondary N) is 1. The van der Waals surface area contributed by atoms with Gasteiger partial charge in [0, 0.05) is 39.5 Å². The second-order valence-corrected chi connectivity index (χ2v) is 9.47. The molecule has 1 saturated heterocycles. The molecule has 0 aliphatic carbocycles. The van der Waals surface area contributed by atoms with Crippen LogP contribution in [0.2, 0.25) is 20.1 Å². The Kier molecular flexibility index (Phi) is 10.7. The van der Waals surface area contributed by atoms with Crippen LogP contribution in [0.25, 0.3) is 0 Å². The molecule has 2 heterocycles. The van der Waals surface area contributed by atoms with Gasteiger partial charge in [0.1, 0.15) is 0 Å². The lowest BCUT2D eigenvalue weighted by atomic mass is 10.2. The van der Waals surface area contributed by atoms with Crippen molar-refractivity contribution in [2.24, 2.45) is 0 Å². The fourth-order valence-electron chi connectivity index (χ4n) is 3.44. The van der Waals surface area contributed by atoms with Crippen LogP contribution >= 0.6 is 46.4 Å². The number of ether oxygens (including phenoxy) is 3. The van der Waals surface area contributed by atoms with E-state index in [4.69, 9.17) is 60.6 Å². The molecule has 1 aliphatic rings. The van der Waals surface area contributed by atoms with Crippen molar-refractivity contribution in [1.29, 1.82) is 0 Å². The van der Waals surface area contributed by atoms with E-state index in [-0.39, 0.29) is 12.1 Å². The van der Waals surface area contributed by atoms with Crippen LogP contribution in [0.5, 0.6) is 0 Å². The number of hydrogen-bond acceptors (Lipinski definition) is 5. The molecule has 1 aromatic heterocycles. The van der Waals surface area contributed by atoms with E-state index in [1.807, 2.05) is 12.1 Å². The van der Waals surface area contributed by atoms with Gasteiger partial charge in [0.25, 0.3) is 5.56 Å². The predicted molar refractivity (Wildman–Crippen MR) is 138 cm³/mol. The van der Waals surface area contributed by atoms with E-state index < -0.39 is 11.2 Å². The van der Waals surface area contributed by atoms with Crippen molar-refractivity contribution in [2.45, 2.75) is 31.8 Å². The minimum Gasteiger partial charge on any atom is -0.380 e. The Bertz CT molecular complexity index is 1250. The first kappa shape index (κ1) is 27.7. The highest BCUT2D eigenvalue weighted by Crippen LogP contribution is 2.25. The maximum atomic E-state index is 11.8. The highest BCUT2D eigenvalue weighted by molar-refractivity contribution is 6.35. The van der Waals surface area contributed by atoms with Gasteiger partial charge in [-0.1, -0.05) is 58.5 Å². The van der Waals surface area contributed by atoms with Crippen LogP contribution in [0.1, 0.15) is 23.6 Å². The number of halogens is 4. The third-order valence-corrected chi connectivity index (χ3v) is 6.37. The molecule has 7 nitrogen and oxygen atoms in total. The van der Waals surface area contributed by atoms with Crippen LogP contribution in [0.15, 0.2) is 58.3 Å². The number of aromatic nitrogens is 2. The van der Waals surface area contributed by atoms with Gasteiger partial charge in [-0.2, -0.15) is 0 Å². The van der Waals surface area contributed by atoms with E-state index in [1.54, 1.807) is 31.4 Å². The van der Waals surface area contributed by atoms with Crippen molar-refractivity contribution in [3.8, 4) is 0 Å². The summed E-state index contributed by atoms with van der Waals surface area (Å²) >= 11 is 23.5. The lowest BCUT2D eigenvalue weighted by molar-refractivity contribution is 0.0100. The molecule has 1 fully saturated rings. The van der Waals surface area contributed by atoms with Crippen LogP contribution in [0.4, 0.5) is 0 Å². The summed E-state index contributed by atoms with van der Waals surface area (Å²) in [5.41, 5.74) is 0.978. The molecule has 1 N–H and O–H groups in total. The monoisotopic (exact) mass is 560 g/mol. The molecule has 3 aromatic rings.